The van der Waals surface area contributed by atoms with Crippen LogP contribution < -0.4 is 15.2 Å². The molecule has 0 aliphatic heterocycles. The van der Waals surface area contributed by atoms with Crippen molar-refractivity contribution < 1.29 is 9.47 Å². The Morgan fingerprint density at radius 2 is 1.95 bits per heavy atom. The molecular formula is C13H16N4O2. The predicted octanol–water partition coefficient (Wildman–Crippen LogP) is 1.92. The number of hydrogen-bond donors (Lipinski definition) is 1. The molecule has 0 bridgehead atoms. The number of methoxy groups -OCH3 is 1. The summed E-state index contributed by atoms with van der Waals surface area (Å²) in [5.41, 5.74) is 6.41. The topological polar surface area (TPSA) is 83.2 Å². The molecule has 0 unspecified atom stereocenters. The van der Waals surface area contributed by atoms with Gasteiger partial charge in [0.15, 0.2) is 5.82 Å². The van der Waals surface area contributed by atoms with E-state index in [4.69, 9.17) is 15.2 Å². The van der Waals surface area contributed by atoms with Crippen LogP contribution in [0.2, 0.25) is 0 Å². The van der Waals surface area contributed by atoms with E-state index in [9.17, 15) is 0 Å². The molecule has 0 saturated carbocycles. The van der Waals surface area contributed by atoms with Crippen LogP contribution in [0, 0.1) is 0 Å². The van der Waals surface area contributed by atoms with Crippen LogP contribution in [0.4, 0.5) is 5.95 Å². The van der Waals surface area contributed by atoms with E-state index in [1.54, 1.807) is 0 Å². The number of nitrogens with two attached hydrogens (primary N) is 1. The van der Waals surface area contributed by atoms with Crippen LogP contribution in [-0.4, -0.2) is 28.7 Å². The standard InChI is InChI=1S/C13H16N4O2/c1-3-8-19-10-7-5-4-6-9(10)11-15-12(14)17-13(16-11)18-2/h4-7H,3,8H2,1-2H3,(H2,14,15,16,17). The Labute approximate surface area is 111 Å². The highest BCUT2D eigenvalue weighted by Gasteiger charge is 2.11. The van der Waals surface area contributed by atoms with E-state index in [1.165, 1.54) is 7.11 Å². The first kappa shape index (κ1) is 13.1. The average Bonchev–Trinajstić information content (AvgIpc) is 2.44. The fourth-order valence-corrected chi connectivity index (χ4v) is 1.57. The first-order chi connectivity index (χ1) is 9.24. The summed E-state index contributed by atoms with van der Waals surface area (Å²) in [4.78, 5) is 12.2. The zero-order valence-electron chi connectivity index (χ0n) is 11.0. The van der Waals surface area contributed by atoms with Crippen LogP contribution in [0.5, 0.6) is 11.8 Å². The highest BCUT2D eigenvalue weighted by molar-refractivity contribution is 5.64. The van der Waals surface area contributed by atoms with Gasteiger partial charge in [0.05, 0.1) is 19.3 Å². The van der Waals surface area contributed by atoms with E-state index in [2.05, 4.69) is 15.0 Å². The van der Waals surface area contributed by atoms with Crippen LogP contribution in [0.25, 0.3) is 11.4 Å². The Bertz CT molecular complexity index is 560. The van der Waals surface area contributed by atoms with Gasteiger partial charge in [-0.05, 0) is 18.6 Å². The summed E-state index contributed by atoms with van der Waals surface area (Å²) in [5, 5.41) is 0. The smallest absolute Gasteiger partial charge is 0.321 e. The third-order valence-corrected chi connectivity index (χ3v) is 2.40. The van der Waals surface area contributed by atoms with Crippen molar-refractivity contribution in [3.8, 4) is 23.1 Å². The molecule has 0 amide bonds. The van der Waals surface area contributed by atoms with Crippen LogP contribution in [0.15, 0.2) is 24.3 Å². The average molecular weight is 260 g/mol. The highest BCUT2D eigenvalue weighted by atomic mass is 16.5. The molecule has 0 saturated heterocycles. The fourth-order valence-electron chi connectivity index (χ4n) is 1.57. The van der Waals surface area contributed by atoms with Gasteiger partial charge in [0.1, 0.15) is 5.75 Å². The number of nitrogen functional groups attached to an aromatic ring is 1. The Morgan fingerprint density at radius 1 is 1.16 bits per heavy atom. The minimum atomic E-state index is 0.118. The molecule has 6 heteroatoms. The molecule has 2 N–H and O–H groups in total. The van der Waals surface area contributed by atoms with Crippen LogP contribution in [-0.2, 0) is 0 Å². The van der Waals surface area contributed by atoms with Gasteiger partial charge < -0.3 is 15.2 Å². The van der Waals surface area contributed by atoms with Gasteiger partial charge in [-0.3, -0.25) is 0 Å². The molecule has 19 heavy (non-hydrogen) atoms. The number of benzene rings is 1. The predicted molar refractivity (Wildman–Crippen MR) is 72.0 cm³/mol. The molecule has 1 aromatic heterocycles. The van der Waals surface area contributed by atoms with E-state index < -0.39 is 0 Å². The van der Waals surface area contributed by atoms with Crippen molar-refractivity contribution in [1.29, 1.82) is 0 Å². The molecule has 1 aromatic carbocycles. The van der Waals surface area contributed by atoms with E-state index in [0.717, 1.165) is 17.7 Å². The third-order valence-electron chi connectivity index (χ3n) is 2.40. The maximum atomic E-state index is 5.67. The Morgan fingerprint density at radius 3 is 2.68 bits per heavy atom. The second-order valence-corrected chi connectivity index (χ2v) is 3.85. The molecule has 0 spiro atoms. The summed E-state index contributed by atoms with van der Waals surface area (Å²) in [6, 6.07) is 7.72. The molecule has 6 nitrogen and oxygen atoms in total. The maximum absolute atomic E-state index is 5.67. The number of rotatable bonds is 5. The largest absolute Gasteiger partial charge is 0.493 e. The molecule has 2 aromatic rings. The number of anilines is 1. The van der Waals surface area contributed by atoms with Gasteiger partial charge in [0.2, 0.25) is 5.95 Å². The summed E-state index contributed by atoms with van der Waals surface area (Å²) in [6.45, 7) is 2.68. The zero-order valence-corrected chi connectivity index (χ0v) is 11.0. The lowest BCUT2D eigenvalue weighted by Crippen LogP contribution is -2.04. The Balaban J connectivity index is 2.43. The van der Waals surface area contributed by atoms with Crippen molar-refractivity contribution in [1.82, 2.24) is 15.0 Å². The molecule has 0 fully saturated rings. The SMILES string of the molecule is CCCOc1ccccc1-c1nc(N)nc(OC)n1. The quantitative estimate of drug-likeness (QED) is 0.884. The number of nitrogens with zero attached hydrogens (tertiary/aromatic N) is 3. The summed E-state index contributed by atoms with van der Waals surface area (Å²) < 4.78 is 10.7. The van der Waals surface area contributed by atoms with Gasteiger partial charge >= 0.3 is 6.01 Å². The van der Waals surface area contributed by atoms with Gasteiger partial charge in [-0.25, -0.2) is 0 Å². The van der Waals surface area contributed by atoms with E-state index >= 15 is 0 Å². The zero-order chi connectivity index (χ0) is 13.7. The number of para-hydroxylation sites is 1. The number of ether oxygens (including phenoxy) is 2. The van der Waals surface area contributed by atoms with Crippen molar-refractivity contribution in [3.63, 3.8) is 0 Å². The molecule has 0 atom stereocenters. The summed E-state index contributed by atoms with van der Waals surface area (Å²) in [7, 11) is 1.48. The monoisotopic (exact) mass is 260 g/mol. The molecule has 1 heterocycles. The number of aromatic nitrogens is 3. The highest BCUT2D eigenvalue weighted by Crippen LogP contribution is 2.28. The first-order valence-corrected chi connectivity index (χ1v) is 6.02. The van der Waals surface area contributed by atoms with Crippen LogP contribution in [0.3, 0.4) is 0 Å². The lowest BCUT2D eigenvalue weighted by Gasteiger charge is -2.10. The minimum Gasteiger partial charge on any atom is -0.493 e. The molecular weight excluding hydrogens is 244 g/mol. The van der Waals surface area contributed by atoms with Crippen LogP contribution >= 0.6 is 0 Å². The van der Waals surface area contributed by atoms with E-state index in [0.29, 0.717) is 12.4 Å². The Hall–Kier alpha value is -2.37. The van der Waals surface area contributed by atoms with E-state index in [1.807, 2.05) is 31.2 Å². The van der Waals surface area contributed by atoms with Crippen molar-refractivity contribution in [2.75, 3.05) is 19.5 Å². The fraction of sp³-hybridized carbons (Fsp3) is 0.308. The van der Waals surface area contributed by atoms with Gasteiger partial charge in [0.25, 0.3) is 0 Å². The molecule has 0 aliphatic carbocycles. The summed E-state index contributed by atoms with van der Waals surface area (Å²) >= 11 is 0. The van der Waals surface area contributed by atoms with Crippen molar-refractivity contribution in [3.05, 3.63) is 24.3 Å². The molecule has 0 radical (unpaired) electrons. The van der Waals surface area contributed by atoms with Gasteiger partial charge in [-0.1, -0.05) is 19.1 Å². The minimum absolute atomic E-state index is 0.118. The van der Waals surface area contributed by atoms with E-state index in [-0.39, 0.29) is 12.0 Å². The number of hydrogen-bond acceptors (Lipinski definition) is 6. The van der Waals surface area contributed by atoms with Gasteiger partial charge in [-0.15, -0.1) is 0 Å². The van der Waals surface area contributed by atoms with Crippen LogP contribution in [0.1, 0.15) is 13.3 Å². The Kier molecular flexibility index (Phi) is 4.12. The summed E-state index contributed by atoms with van der Waals surface area (Å²) in [6.07, 6.45) is 0.928. The first-order valence-electron chi connectivity index (χ1n) is 6.02. The molecule has 100 valence electrons. The normalized spacial score (nSPS) is 10.2. The maximum Gasteiger partial charge on any atom is 0.321 e. The van der Waals surface area contributed by atoms with Gasteiger partial charge in [-0.2, -0.15) is 15.0 Å². The third kappa shape index (κ3) is 3.09. The molecule has 0 aliphatic rings. The van der Waals surface area contributed by atoms with Crippen molar-refractivity contribution >= 4 is 5.95 Å². The second kappa shape index (κ2) is 5.99. The summed E-state index contributed by atoms with van der Waals surface area (Å²) in [5.74, 6) is 1.28. The molecule has 2 rings (SSSR count). The van der Waals surface area contributed by atoms with Gasteiger partial charge in [0, 0.05) is 0 Å². The lowest BCUT2D eigenvalue weighted by molar-refractivity contribution is 0.318. The van der Waals surface area contributed by atoms with Crippen molar-refractivity contribution in [2.45, 2.75) is 13.3 Å². The lowest BCUT2D eigenvalue weighted by atomic mass is 10.2. The second-order valence-electron chi connectivity index (χ2n) is 3.85. The van der Waals surface area contributed by atoms with Crippen molar-refractivity contribution in [2.24, 2.45) is 0 Å².